The molecule has 0 aliphatic carbocycles. The lowest BCUT2D eigenvalue weighted by Gasteiger charge is -2.01. The number of nitrogens with two attached hydrogens (primary N) is 1. The normalized spacial score (nSPS) is 13.9. The number of hydrogen-bond acceptors (Lipinski definition) is 4. The third-order valence-electron chi connectivity index (χ3n) is 1.22. The number of amides is 1. The Morgan fingerprint density at radius 3 is 2.92 bits per heavy atom. The molecule has 0 heterocycles. The SMILES string of the molecule is CCN=N/C=C\C(C)C(=O)NN. The van der Waals surface area contributed by atoms with Gasteiger partial charge in [0.25, 0.3) is 0 Å². The van der Waals surface area contributed by atoms with Gasteiger partial charge in [0.05, 0.1) is 12.5 Å². The summed E-state index contributed by atoms with van der Waals surface area (Å²) in [5.41, 5.74) is 2.04. The topological polar surface area (TPSA) is 79.8 Å². The van der Waals surface area contributed by atoms with Crippen molar-refractivity contribution in [1.29, 1.82) is 0 Å². The molecule has 3 N–H and O–H groups in total. The summed E-state index contributed by atoms with van der Waals surface area (Å²) in [4.78, 5) is 10.8. The van der Waals surface area contributed by atoms with Crippen molar-refractivity contribution >= 4 is 5.91 Å². The molecule has 0 saturated heterocycles. The minimum absolute atomic E-state index is 0.238. The van der Waals surface area contributed by atoms with Gasteiger partial charge in [0.1, 0.15) is 0 Å². The monoisotopic (exact) mass is 170 g/mol. The van der Waals surface area contributed by atoms with Crippen LogP contribution in [-0.2, 0) is 4.79 Å². The average Bonchev–Trinajstić information content (AvgIpc) is 2.10. The first-order chi connectivity index (χ1) is 5.72. The summed E-state index contributed by atoms with van der Waals surface area (Å²) in [5, 5.41) is 7.37. The van der Waals surface area contributed by atoms with Crippen molar-refractivity contribution in [3.8, 4) is 0 Å². The fourth-order valence-corrected chi connectivity index (χ4v) is 0.515. The molecule has 0 spiro atoms. The first-order valence-electron chi connectivity index (χ1n) is 3.76. The molecule has 0 aliphatic heterocycles. The largest absolute Gasteiger partial charge is 0.294 e. The van der Waals surface area contributed by atoms with Gasteiger partial charge in [-0.1, -0.05) is 6.08 Å². The quantitative estimate of drug-likeness (QED) is 0.280. The zero-order valence-corrected chi connectivity index (χ0v) is 7.32. The summed E-state index contributed by atoms with van der Waals surface area (Å²) >= 11 is 0. The molecule has 0 bridgehead atoms. The lowest BCUT2D eigenvalue weighted by molar-refractivity contribution is -0.123. The molecule has 0 aliphatic rings. The number of carbonyl (C=O) groups is 1. The van der Waals surface area contributed by atoms with Gasteiger partial charge in [0.15, 0.2) is 0 Å². The van der Waals surface area contributed by atoms with Crippen molar-refractivity contribution in [2.75, 3.05) is 6.54 Å². The van der Waals surface area contributed by atoms with Crippen LogP contribution < -0.4 is 11.3 Å². The Balaban J connectivity index is 3.82. The molecule has 68 valence electrons. The van der Waals surface area contributed by atoms with Gasteiger partial charge in [-0.25, -0.2) is 5.84 Å². The van der Waals surface area contributed by atoms with Crippen LogP contribution in [0.25, 0.3) is 0 Å². The number of azo groups is 1. The highest BCUT2D eigenvalue weighted by Gasteiger charge is 2.05. The third kappa shape index (κ3) is 4.56. The summed E-state index contributed by atoms with van der Waals surface area (Å²) in [6.07, 6.45) is 3.12. The molecular formula is C7H14N4O. The highest BCUT2D eigenvalue weighted by molar-refractivity contribution is 5.79. The van der Waals surface area contributed by atoms with Crippen molar-refractivity contribution in [1.82, 2.24) is 5.43 Å². The van der Waals surface area contributed by atoms with E-state index in [1.807, 2.05) is 12.3 Å². The minimum atomic E-state index is -0.272. The van der Waals surface area contributed by atoms with Crippen LogP contribution in [0.5, 0.6) is 0 Å². The highest BCUT2D eigenvalue weighted by Crippen LogP contribution is 1.96. The maximum absolute atomic E-state index is 10.8. The van der Waals surface area contributed by atoms with Crippen molar-refractivity contribution < 1.29 is 4.79 Å². The predicted octanol–water partition coefficient (Wildman–Crippen LogP) is 0.598. The van der Waals surface area contributed by atoms with E-state index in [4.69, 9.17) is 5.84 Å². The fraction of sp³-hybridized carbons (Fsp3) is 0.571. The second-order valence-electron chi connectivity index (χ2n) is 2.21. The van der Waals surface area contributed by atoms with E-state index in [1.54, 1.807) is 13.0 Å². The van der Waals surface area contributed by atoms with Gasteiger partial charge in [-0.15, -0.1) is 0 Å². The standard InChI is InChI=1S/C7H14N4O/c1-3-9-10-5-4-6(2)7(12)11-8/h4-6H,3,8H2,1-2H3,(H,11,12)/b5-4-,10-9?. The Hall–Kier alpha value is -1.23. The van der Waals surface area contributed by atoms with Crippen LogP contribution in [-0.4, -0.2) is 12.5 Å². The average molecular weight is 170 g/mol. The number of hydrazine groups is 1. The molecule has 0 aromatic rings. The van der Waals surface area contributed by atoms with E-state index < -0.39 is 0 Å². The molecule has 0 radical (unpaired) electrons. The van der Waals surface area contributed by atoms with Crippen LogP contribution in [0.2, 0.25) is 0 Å². The van der Waals surface area contributed by atoms with E-state index >= 15 is 0 Å². The van der Waals surface area contributed by atoms with Gasteiger partial charge in [-0.3, -0.25) is 10.2 Å². The molecular weight excluding hydrogens is 156 g/mol. The second-order valence-corrected chi connectivity index (χ2v) is 2.21. The summed E-state index contributed by atoms with van der Waals surface area (Å²) < 4.78 is 0. The fourth-order valence-electron chi connectivity index (χ4n) is 0.515. The van der Waals surface area contributed by atoms with Crippen LogP contribution >= 0.6 is 0 Å². The van der Waals surface area contributed by atoms with Gasteiger partial charge < -0.3 is 0 Å². The summed E-state index contributed by atoms with van der Waals surface area (Å²) in [7, 11) is 0. The van der Waals surface area contributed by atoms with E-state index in [1.165, 1.54) is 6.20 Å². The number of carbonyl (C=O) groups excluding carboxylic acids is 1. The Morgan fingerprint density at radius 2 is 2.42 bits per heavy atom. The summed E-state index contributed by atoms with van der Waals surface area (Å²) in [6.45, 7) is 4.25. The molecule has 12 heavy (non-hydrogen) atoms. The van der Waals surface area contributed by atoms with E-state index in [9.17, 15) is 4.79 Å². The van der Waals surface area contributed by atoms with E-state index in [2.05, 4.69) is 10.2 Å². The Kier molecular flexibility index (Phi) is 5.81. The first-order valence-corrected chi connectivity index (χ1v) is 3.76. The molecule has 0 saturated carbocycles. The lowest BCUT2D eigenvalue weighted by atomic mass is 10.2. The molecule has 0 rings (SSSR count). The van der Waals surface area contributed by atoms with E-state index in [-0.39, 0.29) is 11.8 Å². The smallest absolute Gasteiger partial charge is 0.240 e. The molecule has 5 nitrogen and oxygen atoms in total. The van der Waals surface area contributed by atoms with Crippen LogP contribution in [0.3, 0.4) is 0 Å². The number of rotatable bonds is 4. The van der Waals surface area contributed by atoms with Crippen molar-refractivity contribution in [3.05, 3.63) is 12.3 Å². The van der Waals surface area contributed by atoms with Gasteiger partial charge >= 0.3 is 0 Å². The number of hydrogen-bond donors (Lipinski definition) is 2. The Labute approximate surface area is 71.7 Å². The van der Waals surface area contributed by atoms with Crippen LogP contribution in [0.1, 0.15) is 13.8 Å². The molecule has 0 aromatic heterocycles. The van der Waals surface area contributed by atoms with E-state index in [0.717, 1.165) is 0 Å². The summed E-state index contributed by atoms with van der Waals surface area (Å²) in [6, 6.07) is 0. The van der Waals surface area contributed by atoms with Gasteiger partial charge in [0.2, 0.25) is 5.91 Å². The maximum atomic E-state index is 10.8. The third-order valence-corrected chi connectivity index (χ3v) is 1.22. The predicted molar refractivity (Wildman–Crippen MR) is 46.0 cm³/mol. The van der Waals surface area contributed by atoms with Gasteiger partial charge in [-0.05, 0) is 13.8 Å². The molecule has 1 atom stereocenters. The lowest BCUT2D eigenvalue weighted by Crippen LogP contribution is -2.33. The van der Waals surface area contributed by atoms with Crippen LogP contribution in [0.4, 0.5) is 0 Å². The zero-order valence-electron chi connectivity index (χ0n) is 7.32. The van der Waals surface area contributed by atoms with Crippen molar-refractivity contribution in [3.63, 3.8) is 0 Å². The number of nitrogens with zero attached hydrogens (tertiary/aromatic N) is 2. The minimum Gasteiger partial charge on any atom is -0.294 e. The second kappa shape index (κ2) is 6.48. The van der Waals surface area contributed by atoms with Crippen LogP contribution in [0, 0.1) is 5.92 Å². The van der Waals surface area contributed by atoms with Crippen LogP contribution in [0.15, 0.2) is 22.5 Å². The Morgan fingerprint density at radius 1 is 1.75 bits per heavy atom. The zero-order chi connectivity index (χ0) is 9.40. The van der Waals surface area contributed by atoms with Gasteiger partial charge in [0, 0.05) is 6.20 Å². The number of nitrogens with one attached hydrogen (secondary N) is 1. The summed E-state index contributed by atoms with van der Waals surface area (Å²) in [5.74, 6) is 4.41. The first kappa shape index (κ1) is 10.8. The molecule has 0 fully saturated rings. The maximum Gasteiger partial charge on any atom is 0.240 e. The molecule has 1 unspecified atom stereocenters. The van der Waals surface area contributed by atoms with E-state index in [0.29, 0.717) is 6.54 Å². The molecule has 5 heteroatoms. The van der Waals surface area contributed by atoms with Gasteiger partial charge in [-0.2, -0.15) is 10.2 Å². The molecule has 1 amide bonds. The highest BCUT2D eigenvalue weighted by atomic mass is 16.2. The molecule has 0 aromatic carbocycles. The van der Waals surface area contributed by atoms with Crippen molar-refractivity contribution in [2.45, 2.75) is 13.8 Å². The van der Waals surface area contributed by atoms with Crippen molar-refractivity contribution in [2.24, 2.45) is 22.0 Å². The Bertz CT molecular complexity index is 188.